The molecule has 1 aliphatic heterocycles. The van der Waals surface area contributed by atoms with Gasteiger partial charge >= 0.3 is 0 Å². The molecule has 1 N–H and O–H groups in total. The van der Waals surface area contributed by atoms with Gasteiger partial charge in [0.25, 0.3) is 5.56 Å². The molecule has 0 amide bonds. The molecule has 6 heteroatoms. The molecule has 0 bridgehead atoms. The highest BCUT2D eigenvalue weighted by Crippen LogP contribution is 2.36. The van der Waals surface area contributed by atoms with Crippen LogP contribution in [0, 0.1) is 0 Å². The molecule has 1 atom stereocenters. The predicted octanol–water partition coefficient (Wildman–Crippen LogP) is 3.66. The van der Waals surface area contributed by atoms with E-state index >= 15 is 0 Å². The van der Waals surface area contributed by atoms with Crippen LogP contribution in [0.15, 0.2) is 29.1 Å². The van der Waals surface area contributed by atoms with Gasteiger partial charge in [0.2, 0.25) is 0 Å². The van der Waals surface area contributed by atoms with Crippen LogP contribution in [0.5, 0.6) is 0 Å². The molecule has 1 saturated heterocycles. The molecule has 1 aromatic carbocycles. The quantitative estimate of drug-likeness (QED) is 0.743. The second-order valence-electron chi connectivity index (χ2n) is 4.66. The van der Waals surface area contributed by atoms with Gasteiger partial charge in [0.15, 0.2) is 0 Å². The minimum absolute atomic E-state index is 0.00127. The summed E-state index contributed by atoms with van der Waals surface area (Å²) < 4.78 is 1.13. The number of benzene rings is 1. The lowest BCUT2D eigenvalue weighted by Gasteiger charge is -2.19. The topological polar surface area (TPSA) is 45.8 Å². The Morgan fingerprint density at radius 2 is 2.15 bits per heavy atom. The average Bonchev–Trinajstić information content (AvgIpc) is 2.87. The fourth-order valence-corrected chi connectivity index (χ4v) is 6.15. The standard InChI is InChI=1S/C14H12N2OS3/c17-13-11-8-3-1-2-4-9(8)20-14(11)16-12(15-13)10-7-18-5-6-19-10/h1-4,10H,5-7H2,(H,15,16,17)/t10-/m1/s1. The maximum atomic E-state index is 12.4. The number of rotatable bonds is 1. The summed E-state index contributed by atoms with van der Waals surface area (Å²) >= 11 is 5.43. The molecule has 0 radical (unpaired) electrons. The molecule has 1 aliphatic rings. The zero-order valence-corrected chi connectivity index (χ0v) is 13.0. The minimum atomic E-state index is -0.00127. The number of hydrogen-bond donors (Lipinski definition) is 1. The van der Waals surface area contributed by atoms with Gasteiger partial charge in [-0.2, -0.15) is 11.8 Å². The zero-order chi connectivity index (χ0) is 13.5. The van der Waals surface area contributed by atoms with Crippen LogP contribution in [-0.4, -0.2) is 27.2 Å². The van der Waals surface area contributed by atoms with Gasteiger partial charge in [0.05, 0.1) is 10.6 Å². The number of aromatic amines is 1. The first-order valence-corrected chi connectivity index (χ1v) is 9.46. The van der Waals surface area contributed by atoms with Crippen LogP contribution in [0.3, 0.4) is 0 Å². The smallest absolute Gasteiger partial charge is 0.260 e. The first kappa shape index (κ1) is 12.7. The third-order valence-electron chi connectivity index (χ3n) is 3.39. The fraction of sp³-hybridized carbons (Fsp3) is 0.286. The molecule has 3 nitrogen and oxygen atoms in total. The van der Waals surface area contributed by atoms with Crippen LogP contribution in [0.4, 0.5) is 0 Å². The van der Waals surface area contributed by atoms with Crippen LogP contribution in [0.25, 0.3) is 20.3 Å². The number of thioether (sulfide) groups is 2. The molecule has 4 rings (SSSR count). The largest absolute Gasteiger partial charge is 0.309 e. The Kier molecular flexibility index (Phi) is 3.24. The van der Waals surface area contributed by atoms with Gasteiger partial charge in [-0.15, -0.1) is 23.1 Å². The van der Waals surface area contributed by atoms with Gasteiger partial charge in [-0.3, -0.25) is 4.79 Å². The van der Waals surface area contributed by atoms with E-state index in [0.717, 1.165) is 37.6 Å². The lowest BCUT2D eigenvalue weighted by atomic mass is 10.2. The highest BCUT2D eigenvalue weighted by Gasteiger charge is 2.20. The number of H-pyrrole nitrogens is 1. The van der Waals surface area contributed by atoms with Crippen molar-refractivity contribution in [1.82, 2.24) is 9.97 Å². The van der Waals surface area contributed by atoms with Crippen molar-refractivity contribution >= 4 is 55.2 Å². The normalized spacial score (nSPS) is 19.7. The fourth-order valence-electron chi connectivity index (χ4n) is 2.45. The van der Waals surface area contributed by atoms with Gasteiger partial charge in [-0.05, 0) is 6.07 Å². The summed E-state index contributed by atoms with van der Waals surface area (Å²) in [6.45, 7) is 0. The first-order valence-electron chi connectivity index (χ1n) is 6.44. The van der Waals surface area contributed by atoms with Gasteiger partial charge in [-0.1, -0.05) is 18.2 Å². The summed E-state index contributed by atoms with van der Waals surface area (Å²) in [6, 6.07) is 8.01. The second-order valence-corrected chi connectivity index (χ2v) is 8.15. The maximum absolute atomic E-state index is 12.4. The lowest BCUT2D eigenvalue weighted by Crippen LogP contribution is -2.16. The monoisotopic (exact) mass is 320 g/mol. The van der Waals surface area contributed by atoms with Gasteiger partial charge < -0.3 is 4.98 Å². The maximum Gasteiger partial charge on any atom is 0.260 e. The molecule has 2 aromatic heterocycles. The van der Waals surface area contributed by atoms with Crippen molar-refractivity contribution in [2.75, 3.05) is 17.3 Å². The van der Waals surface area contributed by atoms with E-state index in [-0.39, 0.29) is 5.56 Å². The van der Waals surface area contributed by atoms with Crippen molar-refractivity contribution in [2.24, 2.45) is 0 Å². The van der Waals surface area contributed by atoms with Gasteiger partial charge in [-0.25, -0.2) is 4.98 Å². The van der Waals surface area contributed by atoms with Crippen molar-refractivity contribution in [3.8, 4) is 0 Å². The van der Waals surface area contributed by atoms with E-state index in [1.165, 1.54) is 5.75 Å². The average molecular weight is 320 g/mol. The molecule has 3 heterocycles. The Balaban J connectivity index is 1.93. The molecule has 0 aliphatic carbocycles. The molecule has 102 valence electrons. The summed E-state index contributed by atoms with van der Waals surface area (Å²) in [4.78, 5) is 21.0. The van der Waals surface area contributed by atoms with E-state index in [2.05, 4.69) is 4.98 Å². The van der Waals surface area contributed by atoms with Crippen LogP contribution in [0.1, 0.15) is 11.1 Å². The first-order chi connectivity index (χ1) is 9.83. The molecule has 20 heavy (non-hydrogen) atoms. The molecule has 3 aromatic rings. The van der Waals surface area contributed by atoms with Crippen molar-refractivity contribution in [3.05, 3.63) is 40.4 Å². The number of fused-ring (bicyclic) bond motifs is 3. The van der Waals surface area contributed by atoms with E-state index in [1.807, 2.05) is 47.8 Å². The third-order valence-corrected chi connectivity index (χ3v) is 7.22. The minimum Gasteiger partial charge on any atom is -0.309 e. The van der Waals surface area contributed by atoms with Crippen LogP contribution >= 0.6 is 34.9 Å². The number of aromatic nitrogens is 2. The third kappa shape index (κ3) is 2.06. The Morgan fingerprint density at radius 3 is 3.00 bits per heavy atom. The molecule has 0 unspecified atom stereocenters. The highest BCUT2D eigenvalue weighted by atomic mass is 32.2. The summed E-state index contributed by atoms with van der Waals surface area (Å²) in [5.74, 6) is 4.19. The summed E-state index contributed by atoms with van der Waals surface area (Å²) in [6.07, 6.45) is 0. The van der Waals surface area contributed by atoms with E-state index in [0.29, 0.717) is 5.25 Å². The van der Waals surface area contributed by atoms with Gasteiger partial charge in [0.1, 0.15) is 10.7 Å². The van der Waals surface area contributed by atoms with Crippen molar-refractivity contribution in [2.45, 2.75) is 5.25 Å². The molecule has 0 spiro atoms. The summed E-state index contributed by atoms with van der Waals surface area (Å²) in [5.41, 5.74) is -0.00127. The highest BCUT2D eigenvalue weighted by molar-refractivity contribution is 8.06. The van der Waals surface area contributed by atoms with Crippen LogP contribution in [-0.2, 0) is 0 Å². The summed E-state index contributed by atoms with van der Waals surface area (Å²) in [5, 5.41) is 2.07. The van der Waals surface area contributed by atoms with E-state index in [4.69, 9.17) is 4.98 Å². The predicted molar refractivity (Wildman–Crippen MR) is 90.3 cm³/mol. The molecular weight excluding hydrogens is 308 g/mol. The number of thiophene rings is 1. The lowest BCUT2D eigenvalue weighted by molar-refractivity contribution is 0.931. The van der Waals surface area contributed by atoms with E-state index in [1.54, 1.807) is 11.3 Å². The van der Waals surface area contributed by atoms with E-state index in [9.17, 15) is 4.79 Å². The molecule has 0 saturated carbocycles. The Hall–Kier alpha value is -0.980. The van der Waals surface area contributed by atoms with E-state index < -0.39 is 0 Å². The number of nitrogens with zero attached hydrogens (tertiary/aromatic N) is 1. The van der Waals surface area contributed by atoms with Crippen LogP contribution in [0.2, 0.25) is 0 Å². The van der Waals surface area contributed by atoms with Crippen molar-refractivity contribution in [3.63, 3.8) is 0 Å². The molecular formula is C14H12N2OS3. The van der Waals surface area contributed by atoms with Crippen molar-refractivity contribution < 1.29 is 0 Å². The van der Waals surface area contributed by atoms with Gasteiger partial charge in [0, 0.05) is 27.3 Å². The molecule has 1 fully saturated rings. The van der Waals surface area contributed by atoms with Crippen LogP contribution < -0.4 is 5.56 Å². The number of nitrogens with one attached hydrogen (secondary N) is 1. The number of hydrogen-bond acceptors (Lipinski definition) is 5. The SMILES string of the molecule is O=c1[nH]c([C@H]2CSCCS2)nc2sc3ccccc3c12. The Labute approximate surface area is 128 Å². The Morgan fingerprint density at radius 1 is 1.25 bits per heavy atom. The summed E-state index contributed by atoms with van der Waals surface area (Å²) in [7, 11) is 0. The Bertz CT molecular complexity index is 833. The second kappa shape index (κ2) is 5.09. The van der Waals surface area contributed by atoms with Crippen molar-refractivity contribution in [1.29, 1.82) is 0 Å². The zero-order valence-electron chi connectivity index (χ0n) is 10.6.